The summed E-state index contributed by atoms with van der Waals surface area (Å²) in [5.41, 5.74) is 1.77. The van der Waals surface area contributed by atoms with E-state index in [1.54, 1.807) is 36.4 Å². The van der Waals surface area contributed by atoms with Gasteiger partial charge in [0.1, 0.15) is 13.2 Å². The molecule has 0 radical (unpaired) electrons. The summed E-state index contributed by atoms with van der Waals surface area (Å²) in [4.78, 5) is 29.4. The number of aliphatic carboxylic acids is 1. The van der Waals surface area contributed by atoms with Crippen molar-refractivity contribution in [1.82, 2.24) is 4.98 Å². The number of carbonyl (C=O) groups excluding carboxylic acids is 1. The van der Waals surface area contributed by atoms with Crippen LogP contribution in [0.15, 0.2) is 95.9 Å². The predicted octanol–water partition coefficient (Wildman–Crippen LogP) is 6.15. The van der Waals surface area contributed by atoms with E-state index in [1.807, 2.05) is 12.1 Å². The molecule has 0 fully saturated rings. The van der Waals surface area contributed by atoms with Gasteiger partial charge in [0.05, 0.1) is 21.6 Å². The molecule has 0 saturated heterocycles. The van der Waals surface area contributed by atoms with Crippen molar-refractivity contribution in [3.8, 4) is 17.2 Å². The standard InChI is InChI=1S/C31H24N2O8S.BrH/c34-29(35)16-11-20-9-13-22(14-10-20)42(37,38)33(21-12-15-27-28(19-21)40-18-17-39-27)31(36)41-30-23-5-1-3-7-25(23)32-26-8-4-2-6-24(26)30;/h1-10,12-15,19H,11,16-18H2,(H,34,35);1H. The minimum atomic E-state index is -4.52. The van der Waals surface area contributed by atoms with Gasteiger partial charge < -0.3 is 19.3 Å². The first-order valence-corrected chi connectivity index (χ1v) is 14.5. The molecule has 1 aliphatic rings. The van der Waals surface area contributed by atoms with E-state index >= 15 is 0 Å². The quantitative estimate of drug-likeness (QED) is 0.203. The van der Waals surface area contributed by atoms with Crippen LogP contribution in [0.5, 0.6) is 17.2 Å². The molecule has 0 saturated carbocycles. The SMILES string of the molecule is Br.O=C(O)CCc1ccc(S(=O)(=O)N(C(=O)Oc2c3ccccc3nc3ccccc23)c2ccc3c(c2)OCCO3)cc1. The molecule has 5 aromatic rings. The van der Waals surface area contributed by atoms with Crippen molar-refractivity contribution in [2.45, 2.75) is 17.7 Å². The molecule has 1 amide bonds. The van der Waals surface area contributed by atoms with Gasteiger partial charge in [0.15, 0.2) is 17.2 Å². The Hall–Kier alpha value is -4.68. The van der Waals surface area contributed by atoms with Crippen molar-refractivity contribution in [3.05, 3.63) is 96.6 Å². The lowest BCUT2D eigenvalue weighted by Crippen LogP contribution is -2.39. The van der Waals surface area contributed by atoms with E-state index in [-0.39, 0.29) is 58.5 Å². The second-order valence-corrected chi connectivity index (χ2v) is 11.3. The topological polar surface area (TPSA) is 132 Å². The van der Waals surface area contributed by atoms with Crippen molar-refractivity contribution in [1.29, 1.82) is 0 Å². The first-order chi connectivity index (χ1) is 20.3. The Balaban J connectivity index is 0.00000368. The van der Waals surface area contributed by atoms with Crippen molar-refractivity contribution in [3.63, 3.8) is 0 Å². The number of amides is 1. The van der Waals surface area contributed by atoms with Crippen LogP contribution in [0.4, 0.5) is 10.5 Å². The summed E-state index contributed by atoms with van der Waals surface area (Å²) in [5, 5.41) is 10.0. The molecule has 2 heterocycles. The van der Waals surface area contributed by atoms with Crippen molar-refractivity contribution < 1.29 is 37.3 Å². The smallest absolute Gasteiger partial charge is 0.434 e. The van der Waals surface area contributed by atoms with E-state index in [1.165, 1.54) is 42.5 Å². The summed E-state index contributed by atoms with van der Waals surface area (Å²) in [7, 11) is -4.52. The number of hydrogen-bond acceptors (Lipinski definition) is 8. The van der Waals surface area contributed by atoms with E-state index in [0.29, 0.717) is 44.0 Å². The number of anilines is 1. The van der Waals surface area contributed by atoms with E-state index < -0.39 is 22.1 Å². The average molecular weight is 666 g/mol. The van der Waals surface area contributed by atoms with Crippen molar-refractivity contribution >= 4 is 66.6 Å². The first kappa shape index (κ1) is 29.8. The maximum absolute atomic E-state index is 14.1. The largest absolute Gasteiger partial charge is 0.486 e. The number of hydrogen-bond donors (Lipinski definition) is 1. The van der Waals surface area contributed by atoms with Gasteiger partial charge in [-0.2, -0.15) is 4.31 Å². The van der Waals surface area contributed by atoms with Gasteiger partial charge in [-0.05, 0) is 60.5 Å². The van der Waals surface area contributed by atoms with E-state index in [4.69, 9.17) is 19.3 Å². The Labute approximate surface area is 257 Å². The Morgan fingerprint density at radius 2 is 1.44 bits per heavy atom. The molecule has 10 nitrogen and oxygen atoms in total. The fraction of sp³-hybridized carbons (Fsp3) is 0.129. The highest BCUT2D eigenvalue weighted by Gasteiger charge is 2.34. The Kier molecular flexibility index (Phi) is 8.51. The number of aromatic nitrogens is 1. The van der Waals surface area contributed by atoms with E-state index in [2.05, 4.69) is 4.98 Å². The van der Waals surface area contributed by atoms with Gasteiger partial charge in [0.25, 0.3) is 10.0 Å². The summed E-state index contributed by atoms with van der Waals surface area (Å²) in [5.74, 6) is -0.0847. The number of pyridine rings is 1. The van der Waals surface area contributed by atoms with Gasteiger partial charge in [-0.25, -0.2) is 18.2 Å². The molecular weight excluding hydrogens is 640 g/mol. The fourth-order valence-corrected chi connectivity index (χ4v) is 6.04. The van der Waals surface area contributed by atoms with Gasteiger partial charge in [-0.3, -0.25) is 4.79 Å². The molecule has 43 heavy (non-hydrogen) atoms. The van der Waals surface area contributed by atoms with E-state index in [0.717, 1.165) is 0 Å². The highest BCUT2D eigenvalue weighted by molar-refractivity contribution is 8.93. The van der Waals surface area contributed by atoms with E-state index in [9.17, 15) is 18.0 Å². The number of rotatable bonds is 7. The number of para-hydroxylation sites is 2. The summed E-state index contributed by atoms with van der Waals surface area (Å²) in [6.07, 6.45) is -1.04. The average Bonchev–Trinajstić information content (AvgIpc) is 3.00. The number of nitrogens with zero attached hydrogens (tertiary/aromatic N) is 2. The number of benzene rings is 4. The molecule has 1 aliphatic heterocycles. The molecule has 6 rings (SSSR count). The molecule has 0 atom stereocenters. The van der Waals surface area contributed by atoms with Crippen LogP contribution in [0.1, 0.15) is 12.0 Å². The summed E-state index contributed by atoms with van der Waals surface area (Å²) >= 11 is 0. The molecule has 220 valence electrons. The highest BCUT2D eigenvalue weighted by Crippen LogP contribution is 2.38. The monoisotopic (exact) mass is 664 g/mol. The number of ether oxygens (including phenoxy) is 3. The zero-order valence-corrected chi connectivity index (χ0v) is 25.0. The number of aryl methyl sites for hydroxylation is 1. The van der Waals surface area contributed by atoms with Gasteiger partial charge in [-0.1, -0.05) is 36.4 Å². The molecule has 4 aromatic carbocycles. The molecular formula is C31H25BrN2O8S. The minimum Gasteiger partial charge on any atom is -0.486 e. The van der Waals surface area contributed by atoms with Crippen LogP contribution in [0.25, 0.3) is 21.8 Å². The van der Waals surface area contributed by atoms with Crippen molar-refractivity contribution in [2.75, 3.05) is 17.5 Å². The third kappa shape index (κ3) is 5.97. The van der Waals surface area contributed by atoms with Gasteiger partial charge in [0, 0.05) is 23.3 Å². The van der Waals surface area contributed by atoms with Gasteiger partial charge in [-0.15, -0.1) is 17.0 Å². The molecule has 1 N–H and O–H groups in total. The number of halogens is 1. The lowest BCUT2D eigenvalue weighted by atomic mass is 10.1. The zero-order valence-electron chi connectivity index (χ0n) is 22.5. The minimum absolute atomic E-state index is 0. The summed E-state index contributed by atoms with van der Waals surface area (Å²) < 4.78 is 45.9. The number of carboxylic acids is 1. The molecule has 12 heteroatoms. The number of fused-ring (bicyclic) bond motifs is 3. The third-order valence-corrected chi connectivity index (χ3v) is 8.45. The second kappa shape index (κ2) is 12.3. The fourth-order valence-electron chi connectivity index (χ4n) is 4.73. The normalized spacial score (nSPS) is 12.4. The zero-order chi connectivity index (χ0) is 29.3. The molecule has 0 spiro atoms. The Morgan fingerprint density at radius 3 is 2.07 bits per heavy atom. The maximum atomic E-state index is 14.1. The molecule has 0 aliphatic carbocycles. The van der Waals surface area contributed by atoms with Crippen LogP contribution < -0.4 is 18.5 Å². The van der Waals surface area contributed by atoms with Gasteiger partial charge in [0.2, 0.25) is 0 Å². The maximum Gasteiger partial charge on any atom is 0.434 e. The van der Waals surface area contributed by atoms with Crippen molar-refractivity contribution in [2.24, 2.45) is 0 Å². The predicted molar refractivity (Wildman–Crippen MR) is 165 cm³/mol. The Morgan fingerprint density at radius 1 is 0.837 bits per heavy atom. The van der Waals surface area contributed by atoms with Gasteiger partial charge >= 0.3 is 12.1 Å². The molecule has 1 aromatic heterocycles. The summed E-state index contributed by atoms with van der Waals surface area (Å²) in [6, 6.07) is 24.3. The number of carbonyl (C=O) groups is 2. The van der Waals surface area contributed by atoms with Crippen LogP contribution in [0.2, 0.25) is 0 Å². The first-order valence-electron chi connectivity index (χ1n) is 13.1. The number of sulfonamides is 1. The second-order valence-electron chi connectivity index (χ2n) is 9.48. The van der Waals surface area contributed by atoms with Crippen LogP contribution >= 0.6 is 17.0 Å². The third-order valence-electron chi connectivity index (χ3n) is 6.74. The van der Waals surface area contributed by atoms with Crippen LogP contribution in [0, 0.1) is 0 Å². The number of carboxylic acid groups (broad SMARTS) is 1. The van der Waals surface area contributed by atoms with Crippen LogP contribution in [0.3, 0.4) is 0 Å². The Bertz CT molecular complexity index is 1890. The van der Waals surface area contributed by atoms with Crippen LogP contribution in [-0.4, -0.2) is 43.8 Å². The lowest BCUT2D eigenvalue weighted by molar-refractivity contribution is -0.136. The highest BCUT2D eigenvalue weighted by atomic mass is 79.9. The van der Waals surface area contributed by atoms with Crippen LogP contribution in [-0.2, 0) is 21.2 Å². The summed E-state index contributed by atoms with van der Waals surface area (Å²) in [6.45, 7) is 0.604. The molecule has 0 unspecified atom stereocenters. The molecule has 0 bridgehead atoms. The lowest BCUT2D eigenvalue weighted by Gasteiger charge is -2.25.